The summed E-state index contributed by atoms with van der Waals surface area (Å²) in [7, 11) is 0. The second-order valence-corrected chi connectivity index (χ2v) is 26.7. The van der Waals surface area contributed by atoms with Gasteiger partial charge in [0, 0.05) is 6.42 Å². The Balaban J connectivity index is 1.41. The Morgan fingerprint density at radius 1 is 0.359 bits per heavy atom. The molecule has 17 atom stereocenters. The molecule has 19 nitrogen and oxygen atoms in total. The second-order valence-electron chi connectivity index (χ2n) is 26.7. The zero-order valence-electron chi connectivity index (χ0n) is 62.2. The van der Waals surface area contributed by atoms with Crippen molar-refractivity contribution in [3.05, 3.63) is 170 Å². The van der Waals surface area contributed by atoms with Crippen LogP contribution in [0, 0.1) is 0 Å². The lowest BCUT2D eigenvalue weighted by atomic mass is 9.96. The molecule has 0 spiro atoms. The third kappa shape index (κ3) is 42.3. The van der Waals surface area contributed by atoms with E-state index in [0.29, 0.717) is 12.8 Å². The zero-order valence-corrected chi connectivity index (χ0v) is 62.2. The Morgan fingerprint density at radius 2 is 0.680 bits per heavy atom. The van der Waals surface area contributed by atoms with Crippen LogP contribution in [0.5, 0.6) is 0 Å². The van der Waals surface area contributed by atoms with Gasteiger partial charge >= 0.3 is 0 Å². The standard InChI is InChI=1S/C84H135NO18/c1-3-5-7-9-11-13-15-17-19-21-23-25-26-27-28-29-30-31-32-33-34-35-36-37-38-39-40-42-44-46-48-50-52-54-56-58-60-62-72(90)85-67(68(89)61-59-57-55-53-51-49-47-45-43-41-24-22-20-18-16-14-12-10-8-6-4-2)66-98-82-78(96)75(93)80(70(64-87)100-82)103-84-79(97)76(94)81(71(65-88)101-84)102-83-77(95)74(92)73(91)69(63-86)99-83/h5,7,11,13,17,19,23,25,27-28,30-31,33-34,36-37,39-40,43-46,50-53,59,61,67-71,73-84,86-89,91-97H,3-4,6,8-10,12,14-16,18,20-22,24,26,29,32,35,38,41-42,47-49,54-58,60,62-66H2,1-2H3,(H,85,90)/b7-5-,13-11-,19-17-,25-23-,28-27-,31-30-,34-33-,37-36-,40-39-,45-43+,46-44-,52-50-,53-51+,61-59+. The van der Waals surface area contributed by atoms with Crippen LogP contribution < -0.4 is 5.32 Å². The fourth-order valence-corrected chi connectivity index (χ4v) is 11.8. The SMILES string of the molecule is CC/C=C\C/C=C\C/C=C\C/C=C\C/C=C\C/C=C\C/C=C\C/C=C\C/C=C\C/C=C\C/C=C\CCCCCC(=O)NC(COC1OC(CO)C(OC2OC(CO)C(OC3OC(CO)C(O)C(O)C3O)C(O)C2O)C(O)C1O)C(O)/C=C/CC/C=C/CC/C=C/CCCCCCCCCCCCC. The first-order valence-corrected chi connectivity index (χ1v) is 38.9. The van der Waals surface area contributed by atoms with Crippen molar-refractivity contribution >= 4 is 5.91 Å². The van der Waals surface area contributed by atoms with Crippen molar-refractivity contribution in [2.45, 2.75) is 324 Å². The molecule has 19 heteroatoms. The molecular formula is C84H135NO18. The van der Waals surface area contributed by atoms with Gasteiger partial charge < -0.3 is 89.9 Å². The summed E-state index contributed by atoms with van der Waals surface area (Å²) in [6, 6.07) is -1.03. The van der Waals surface area contributed by atoms with Gasteiger partial charge in [-0.05, 0) is 128 Å². The molecule has 0 aliphatic carbocycles. The van der Waals surface area contributed by atoms with Gasteiger partial charge in [0.2, 0.25) is 5.91 Å². The number of carbonyl (C=O) groups excluding carboxylic acids is 1. The van der Waals surface area contributed by atoms with Gasteiger partial charge in [0.1, 0.15) is 73.2 Å². The highest BCUT2D eigenvalue weighted by atomic mass is 16.8. The van der Waals surface area contributed by atoms with Gasteiger partial charge in [-0.2, -0.15) is 0 Å². The first-order chi connectivity index (χ1) is 50.3. The molecule has 103 heavy (non-hydrogen) atoms. The lowest BCUT2D eigenvalue weighted by Crippen LogP contribution is -2.66. The number of amides is 1. The molecule has 0 saturated carbocycles. The highest BCUT2D eigenvalue weighted by Crippen LogP contribution is 2.33. The number of carbonyl (C=O) groups is 1. The van der Waals surface area contributed by atoms with Crippen molar-refractivity contribution in [2.75, 3.05) is 26.4 Å². The Kier molecular flexibility index (Phi) is 55.8. The minimum Gasteiger partial charge on any atom is -0.394 e. The topological polar surface area (TPSA) is 307 Å². The fourth-order valence-electron chi connectivity index (χ4n) is 11.8. The number of aliphatic hydroxyl groups excluding tert-OH is 11. The number of hydrogen-bond acceptors (Lipinski definition) is 18. The molecule has 12 N–H and O–H groups in total. The molecule has 3 heterocycles. The van der Waals surface area contributed by atoms with Crippen LogP contribution in [0.2, 0.25) is 0 Å². The minimum absolute atomic E-state index is 0.180. The molecule has 1 amide bonds. The van der Waals surface area contributed by atoms with E-state index in [0.717, 1.165) is 116 Å². The summed E-state index contributed by atoms with van der Waals surface area (Å²) < 4.78 is 34.3. The van der Waals surface area contributed by atoms with E-state index >= 15 is 0 Å². The summed E-state index contributed by atoms with van der Waals surface area (Å²) in [6.07, 6.45) is 66.1. The van der Waals surface area contributed by atoms with Crippen molar-refractivity contribution in [1.29, 1.82) is 0 Å². The van der Waals surface area contributed by atoms with Crippen LogP contribution in [0.15, 0.2) is 170 Å². The Bertz CT molecular complexity index is 2530. The van der Waals surface area contributed by atoms with Crippen LogP contribution in [0.25, 0.3) is 0 Å². The molecule has 3 saturated heterocycles. The van der Waals surface area contributed by atoms with Gasteiger partial charge in [-0.1, -0.05) is 255 Å². The fraction of sp³-hybridized carbons (Fsp3) is 0.655. The molecule has 0 aromatic carbocycles. The molecule has 584 valence electrons. The third-order valence-corrected chi connectivity index (χ3v) is 18.0. The molecule has 0 aromatic heterocycles. The lowest BCUT2D eigenvalue weighted by molar-refractivity contribution is -0.379. The van der Waals surface area contributed by atoms with Gasteiger partial charge in [-0.15, -0.1) is 0 Å². The summed E-state index contributed by atoms with van der Waals surface area (Å²) in [5.41, 5.74) is 0. The first kappa shape index (κ1) is 92.4. The number of nitrogens with one attached hydrogen (secondary N) is 1. The van der Waals surface area contributed by atoms with Crippen molar-refractivity contribution in [3.8, 4) is 0 Å². The third-order valence-electron chi connectivity index (χ3n) is 18.0. The summed E-state index contributed by atoms with van der Waals surface area (Å²) in [6.45, 7) is 1.55. The first-order valence-electron chi connectivity index (χ1n) is 38.9. The highest BCUT2D eigenvalue weighted by Gasteiger charge is 2.53. The van der Waals surface area contributed by atoms with E-state index in [-0.39, 0.29) is 12.3 Å². The molecule has 0 aromatic rings. The largest absolute Gasteiger partial charge is 0.394 e. The van der Waals surface area contributed by atoms with Crippen LogP contribution >= 0.6 is 0 Å². The summed E-state index contributed by atoms with van der Waals surface area (Å²) >= 11 is 0. The van der Waals surface area contributed by atoms with Gasteiger partial charge in [0.05, 0.1) is 38.6 Å². The molecule has 3 rings (SSSR count). The number of unbranched alkanes of at least 4 members (excludes halogenated alkanes) is 16. The normalized spacial score (nSPS) is 27.0. The summed E-state index contributed by atoms with van der Waals surface area (Å²) in [5.74, 6) is -0.328. The smallest absolute Gasteiger partial charge is 0.220 e. The van der Waals surface area contributed by atoms with Gasteiger partial charge in [-0.3, -0.25) is 4.79 Å². The van der Waals surface area contributed by atoms with Crippen molar-refractivity contribution in [1.82, 2.24) is 5.32 Å². The quantitative estimate of drug-likeness (QED) is 0.0199. The van der Waals surface area contributed by atoms with E-state index < -0.39 is 131 Å². The van der Waals surface area contributed by atoms with Crippen molar-refractivity contribution in [3.63, 3.8) is 0 Å². The Labute approximate surface area is 617 Å². The molecule has 0 bridgehead atoms. The van der Waals surface area contributed by atoms with E-state index in [2.05, 4.69) is 177 Å². The molecule has 3 aliphatic rings. The lowest BCUT2D eigenvalue weighted by Gasteiger charge is -2.48. The van der Waals surface area contributed by atoms with Crippen LogP contribution in [-0.2, 0) is 33.2 Å². The molecule has 3 fully saturated rings. The van der Waals surface area contributed by atoms with E-state index in [1.54, 1.807) is 6.08 Å². The van der Waals surface area contributed by atoms with Crippen LogP contribution in [0.3, 0.4) is 0 Å². The molecule has 3 aliphatic heterocycles. The molecule has 0 radical (unpaired) electrons. The second kappa shape index (κ2) is 62.2. The molecule has 17 unspecified atom stereocenters. The number of aliphatic hydroxyl groups is 11. The Hall–Kier alpha value is -4.85. The van der Waals surface area contributed by atoms with Crippen LogP contribution in [0.1, 0.15) is 219 Å². The van der Waals surface area contributed by atoms with Crippen LogP contribution in [-0.4, -0.2) is 193 Å². The number of hydrogen-bond donors (Lipinski definition) is 12. The van der Waals surface area contributed by atoms with E-state index in [4.69, 9.17) is 28.4 Å². The zero-order chi connectivity index (χ0) is 74.6. The van der Waals surface area contributed by atoms with Crippen LogP contribution in [0.4, 0.5) is 0 Å². The number of rotatable bonds is 58. The maximum atomic E-state index is 13.4. The molecular weight excluding hydrogens is 1310 g/mol. The minimum atomic E-state index is -2.00. The summed E-state index contributed by atoms with van der Waals surface area (Å²) in [4.78, 5) is 13.4. The predicted molar refractivity (Wildman–Crippen MR) is 410 cm³/mol. The maximum Gasteiger partial charge on any atom is 0.220 e. The highest BCUT2D eigenvalue weighted by molar-refractivity contribution is 5.76. The van der Waals surface area contributed by atoms with E-state index in [1.807, 2.05) is 6.08 Å². The van der Waals surface area contributed by atoms with Gasteiger partial charge in [-0.25, -0.2) is 0 Å². The predicted octanol–water partition coefficient (Wildman–Crippen LogP) is 12.6. The number of ether oxygens (including phenoxy) is 6. The monoisotopic (exact) mass is 1450 g/mol. The van der Waals surface area contributed by atoms with E-state index in [1.165, 1.54) is 70.6 Å². The van der Waals surface area contributed by atoms with Gasteiger partial charge in [0.15, 0.2) is 18.9 Å². The summed E-state index contributed by atoms with van der Waals surface area (Å²) in [5, 5.41) is 121. The number of allylic oxidation sites excluding steroid dienone is 27. The average molecular weight is 1450 g/mol. The Morgan fingerprint density at radius 3 is 1.09 bits per heavy atom. The van der Waals surface area contributed by atoms with E-state index in [9.17, 15) is 61.0 Å². The average Bonchev–Trinajstić information content (AvgIpc) is 0.781. The van der Waals surface area contributed by atoms with Crippen molar-refractivity contribution in [2.24, 2.45) is 0 Å². The maximum absolute atomic E-state index is 13.4. The van der Waals surface area contributed by atoms with Gasteiger partial charge in [0.25, 0.3) is 0 Å². The van der Waals surface area contributed by atoms with Crippen molar-refractivity contribution < 1.29 is 89.4 Å².